The molecule has 0 saturated heterocycles. The van der Waals surface area contributed by atoms with Crippen molar-refractivity contribution in [1.82, 2.24) is 20.2 Å². The number of aryl methyl sites for hydroxylation is 1. The normalized spacial score (nSPS) is 21.8. The summed E-state index contributed by atoms with van der Waals surface area (Å²) >= 11 is 0. The lowest BCUT2D eigenvalue weighted by Crippen LogP contribution is -2.17. The molecule has 1 aliphatic heterocycles. The van der Waals surface area contributed by atoms with Crippen LogP contribution in [0.4, 0.5) is 0 Å². The van der Waals surface area contributed by atoms with Gasteiger partial charge in [0.15, 0.2) is 5.82 Å². The van der Waals surface area contributed by atoms with Crippen LogP contribution in [0.25, 0.3) is 0 Å². The quantitative estimate of drug-likeness (QED) is 0.784. The second-order valence-electron chi connectivity index (χ2n) is 4.75. The molecule has 18 heavy (non-hydrogen) atoms. The summed E-state index contributed by atoms with van der Waals surface area (Å²) in [4.78, 5) is 0. The minimum Gasteiger partial charge on any atom is -0.232 e. The molecule has 1 aromatic heterocycles. The van der Waals surface area contributed by atoms with Crippen molar-refractivity contribution in [2.24, 2.45) is 23.2 Å². The van der Waals surface area contributed by atoms with Crippen molar-refractivity contribution in [2.75, 3.05) is 0 Å². The Hall–Kier alpha value is -2.11. The lowest BCUT2D eigenvalue weighted by molar-refractivity contribution is 0.675. The first-order valence-electron chi connectivity index (χ1n) is 5.95. The maximum absolute atomic E-state index is 4.24. The molecule has 1 atom stereocenters. The van der Waals surface area contributed by atoms with Gasteiger partial charge >= 0.3 is 0 Å². The molecule has 6 heteroatoms. The molecule has 0 N–H and O–H groups in total. The minimum atomic E-state index is 0.0843. The number of tetrazole rings is 1. The number of hydrogen-bond acceptors (Lipinski definition) is 5. The van der Waals surface area contributed by atoms with E-state index in [-0.39, 0.29) is 5.92 Å². The standard InChI is InChI=1S/C12H14N6/c1-7(2)11-9-6-8(4-5-10(9)13-14-11)12-15-16-17-18(12)3/h4-8H,1-3H3. The van der Waals surface area contributed by atoms with E-state index < -0.39 is 0 Å². The van der Waals surface area contributed by atoms with Crippen molar-refractivity contribution in [1.29, 1.82) is 0 Å². The van der Waals surface area contributed by atoms with Gasteiger partial charge in [0.25, 0.3) is 0 Å². The Morgan fingerprint density at radius 2 is 2.11 bits per heavy atom. The summed E-state index contributed by atoms with van der Waals surface area (Å²) < 4.78 is 1.69. The highest BCUT2D eigenvalue weighted by molar-refractivity contribution is 6.31. The Kier molecular flexibility index (Phi) is 2.43. The topological polar surface area (TPSA) is 68.3 Å². The molecular formula is C12H14N6. The highest BCUT2D eigenvalue weighted by Crippen LogP contribution is 2.28. The van der Waals surface area contributed by atoms with Gasteiger partial charge in [-0.1, -0.05) is 26.0 Å². The van der Waals surface area contributed by atoms with Crippen LogP contribution in [0.3, 0.4) is 0 Å². The third-order valence-electron chi connectivity index (χ3n) is 3.12. The Bertz CT molecular complexity index is 602. The molecule has 0 spiro atoms. The van der Waals surface area contributed by atoms with Gasteiger partial charge in [-0.3, -0.25) is 0 Å². The lowest BCUT2D eigenvalue weighted by Gasteiger charge is -2.15. The fourth-order valence-electron chi connectivity index (χ4n) is 2.18. The van der Waals surface area contributed by atoms with E-state index >= 15 is 0 Å². The van der Waals surface area contributed by atoms with E-state index in [0.717, 1.165) is 22.8 Å². The van der Waals surface area contributed by atoms with Crippen molar-refractivity contribution in [3.63, 3.8) is 0 Å². The van der Waals surface area contributed by atoms with E-state index in [1.807, 2.05) is 19.2 Å². The van der Waals surface area contributed by atoms with Crippen LogP contribution in [-0.2, 0) is 7.05 Å². The molecule has 2 aliphatic rings. The Morgan fingerprint density at radius 3 is 2.78 bits per heavy atom. The maximum atomic E-state index is 4.24. The molecule has 1 aromatic rings. The Labute approximate surface area is 105 Å². The third-order valence-corrected chi connectivity index (χ3v) is 3.12. The zero-order valence-electron chi connectivity index (χ0n) is 10.6. The van der Waals surface area contributed by atoms with Crippen molar-refractivity contribution < 1.29 is 0 Å². The van der Waals surface area contributed by atoms with Crippen LogP contribution in [0.2, 0.25) is 0 Å². The predicted octanol–water partition coefficient (Wildman–Crippen LogP) is 1.26. The molecule has 3 rings (SSSR count). The van der Waals surface area contributed by atoms with Gasteiger partial charge in [-0.05, 0) is 22.4 Å². The van der Waals surface area contributed by atoms with E-state index in [1.165, 1.54) is 0 Å². The summed E-state index contributed by atoms with van der Waals surface area (Å²) in [5, 5.41) is 20.0. The first-order valence-corrected chi connectivity index (χ1v) is 5.95. The SMILES string of the molecule is CC(C)C1=NN=C2C=CC(c3nnnn3C)C=C21. The van der Waals surface area contributed by atoms with Crippen LogP contribution < -0.4 is 0 Å². The van der Waals surface area contributed by atoms with Gasteiger partial charge in [0.05, 0.1) is 17.3 Å². The van der Waals surface area contributed by atoms with Crippen molar-refractivity contribution in [2.45, 2.75) is 19.8 Å². The second-order valence-corrected chi connectivity index (χ2v) is 4.75. The summed E-state index contributed by atoms with van der Waals surface area (Å²) in [6.45, 7) is 4.24. The number of rotatable bonds is 2. The number of aromatic nitrogens is 4. The fourth-order valence-corrected chi connectivity index (χ4v) is 2.18. The van der Waals surface area contributed by atoms with Crippen LogP contribution >= 0.6 is 0 Å². The Morgan fingerprint density at radius 1 is 1.28 bits per heavy atom. The van der Waals surface area contributed by atoms with E-state index in [1.54, 1.807) is 4.68 Å². The number of nitrogens with zero attached hydrogens (tertiary/aromatic N) is 6. The third kappa shape index (κ3) is 1.61. The molecule has 2 heterocycles. The van der Waals surface area contributed by atoms with Gasteiger partial charge in [0, 0.05) is 12.6 Å². The van der Waals surface area contributed by atoms with Crippen LogP contribution in [0.1, 0.15) is 25.6 Å². The smallest absolute Gasteiger partial charge is 0.161 e. The highest BCUT2D eigenvalue weighted by atomic mass is 15.5. The molecule has 0 fully saturated rings. The first kappa shape index (κ1) is 11.0. The second kappa shape index (κ2) is 3.97. The molecule has 0 aromatic carbocycles. The molecule has 0 bridgehead atoms. The lowest BCUT2D eigenvalue weighted by atomic mass is 9.89. The van der Waals surface area contributed by atoms with Crippen molar-refractivity contribution in [3.8, 4) is 0 Å². The highest BCUT2D eigenvalue weighted by Gasteiger charge is 2.26. The maximum Gasteiger partial charge on any atom is 0.161 e. The largest absolute Gasteiger partial charge is 0.232 e. The summed E-state index contributed by atoms with van der Waals surface area (Å²) in [6.07, 6.45) is 6.18. The van der Waals surface area contributed by atoms with Crippen LogP contribution in [0.15, 0.2) is 34.0 Å². The van der Waals surface area contributed by atoms with E-state index in [0.29, 0.717) is 5.92 Å². The number of fused-ring (bicyclic) bond motifs is 1. The van der Waals surface area contributed by atoms with Gasteiger partial charge in [-0.15, -0.1) is 5.10 Å². The first-order chi connectivity index (χ1) is 8.66. The molecular weight excluding hydrogens is 228 g/mol. The summed E-state index contributed by atoms with van der Waals surface area (Å²) in [7, 11) is 1.84. The average molecular weight is 242 g/mol. The van der Waals surface area contributed by atoms with E-state index in [9.17, 15) is 0 Å². The van der Waals surface area contributed by atoms with Crippen molar-refractivity contribution in [3.05, 3.63) is 29.6 Å². The number of allylic oxidation sites excluding steroid dienone is 4. The van der Waals surface area contributed by atoms with Crippen LogP contribution in [0.5, 0.6) is 0 Å². The van der Waals surface area contributed by atoms with Crippen molar-refractivity contribution >= 4 is 11.4 Å². The molecule has 1 aliphatic carbocycles. The zero-order chi connectivity index (χ0) is 12.7. The predicted molar refractivity (Wildman–Crippen MR) is 68.5 cm³/mol. The summed E-state index contributed by atoms with van der Waals surface area (Å²) in [6, 6.07) is 0. The zero-order valence-corrected chi connectivity index (χ0v) is 10.6. The monoisotopic (exact) mass is 242 g/mol. The van der Waals surface area contributed by atoms with Gasteiger partial charge in [-0.2, -0.15) is 10.2 Å². The van der Waals surface area contributed by atoms with Gasteiger partial charge in [0.2, 0.25) is 0 Å². The molecule has 92 valence electrons. The Balaban J connectivity index is 1.98. The molecule has 6 nitrogen and oxygen atoms in total. The average Bonchev–Trinajstić information content (AvgIpc) is 2.93. The summed E-state index contributed by atoms with van der Waals surface area (Å²) in [5.41, 5.74) is 3.08. The number of hydrogen-bond donors (Lipinski definition) is 0. The fraction of sp³-hybridized carbons (Fsp3) is 0.417. The molecule has 0 saturated carbocycles. The van der Waals surface area contributed by atoms with Gasteiger partial charge in [-0.25, -0.2) is 4.68 Å². The van der Waals surface area contributed by atoms with Gasteiger partial charge < -0.3 is 0 Å². The molecule has 0 radical (unpaired) electrons. The van der Waals surface area contributed by atoms with E-state index in [4.69, 9.17) is 0 Å². The summed E-state index contributed by atoms with van der Waals surface area (Å²) in [5.74, 6) is 1.27. The van der Waals surface area contributed by atoms with Gasteiger partial charge in [0.1, 0.15) is 0 Å². The molecule has 1 unspecified atom stereocenters. The van der Waals surface area contributed by atoms with E-state index in [2.05, 4.69) is 45.7 Å². The molecule has 0 amide bonds. The van der Waals surface area contributed by atoms with Crippen LogP contribution in [-0.4, -0.2) is 31.6 Å². The minimum absolute atomic E-state index is 0.0843. The van der Waals surface area contributed by atoms with Crippen LogP contribution in [0, 0.1) is 5.92 Å².